The summed E-state index contributed by atoms with van der Waals surface area (Å²) < 4.78 is 17.3. The highest BCUT2D eigenvalue weighted by atomic mass is 32.1. The zero-order chi connectivity index (χ0) is 38.0. The number of thiazole rings is 1. The molecule has 14 heteroatoms. The zero-order valence-electron chi connectivity index (χ0n) is 31.9. The molecule has 0 aliphatic carbocycles. The summed E-state index contributed by atoms with van der Waals surface area (Å²) in [5.41, 5.74) is 4.32. The van der Waals surface area contributed by atoms with Gasteiger partial charge in [-0.25, -0.2) is 9.78 Å². The highest BCUT2D eigenvalue weighted by Gasteiger charge is 2.44. The van der Waals surface area contributed by atoms with Gasteiger partial charge in [0.2, 0.25) is 11.8 Å². The van der Waals surface area contributed by atoms with Gasteiger partial charge >= 0.3 is 6.09 Å². The van der Waals surface area contributed by atoms with E-state index in [1.807, 2.05) is 78.2 Å². The first-order valence-corrected chi connectivity index (χ1v) is 19.7. The number of rotatable bonds is 11. The number of carbonyl (C=O) groups is 3. The van der Waals surface area contributed by atoms with Gasteiger partial charge in [0, 0.05) is 51.8 Å². The number of aliphatic hydroxyl groups excluding tert-OH is 1. The molecule has 3 aliphatic heterocycles. The Morgan fingerprint density at radius 2 is 1.77 bits per heavy atom. The van der Waals surface area contributed by atoms with E-state index in [1.165, 1.54) is 4.90 Å². The van der Waals surface area contributed by atoms with Crippen LogP contribution in [0.25, 0.3) is 10.4 Å². The smallest absolute Gasteiger partial charge is 0.410 e. The lowest BCUT2D eigenvalue weighted by Gasteiger charge is -2.42. The monoisotopic (exact) mass is 750 g/mol. The van der Waals surface area contributed by atoms with Crippen molar-refractivity contribution in [1.82, 2.24) is 30.2 Å². The van der Waals surface area contributed by atoms with Gasteiger partial charge in [0.25, 0.3) is 5.88 Å². The summed E-state index contributed by atoms with van der Waals surface area (Å²) in [6.45, 7) is 17.3. The molecule has 13 nitrogen and oxygen atoms in total. The number of carbonyl (C=O) groups excluding carboxylic acids is 3. The number of hydrogen-bond acceptors (Lipinski definition) is 11. The Morgan fingerprint density at radius 3 is 2.40 bits per heavy atom. The molecule has 3 saturated heterocycles. The molecule has 0 bridgehead atoms. The number of hydrogen-bond donors (Lipinski definition) is 2. The number of amides is 3. The molecule has 0 spiro atoms. The van der Waals surface area contributed by atoms with Crippen LogP contribution in [0, 0.1) is 18.8 Å². The molecule has 0 radical (unpaired) electrons. The van der Waals surface area contributed by atoms with Crippen LogP contribution in [-0.2, 0) is 14.3 Å². The molecular weight excluding hydrogens is 697 g/mol. The van der Waals surface area contributed by atoms with Crippen molar-refractivity contribution in [3.63, 3.8) is 0 Å². The fourth-order valence-electron chi connectivity index (χ4n) is 7.50. The number of aryl methyl sites for hydroxylation is 1. The maximum absolute atomic E-state index is 14.1. The van der Waals surface area contributed by atoms with Gasteiger partial charge in [-0.2, -0.15) is 0 Å². The molecule has 3 fully saturated rings. The molecule has 288 valence electrons. The van der Waals surface area contributed by atoms with Crippen molar-refractivity contribution in [2.45, 2.75) is 104 Å². The summed E-state index contributed by atoms with van der Waals surface area (Å²) in [5, 5.41) is 17.8. The number of aromatic nitrogens is 2. The topological polar surface area (TPSA) is 151 Å². The molecule has 3 aromatic rings. The molecule has 4 atom stereocenters. The highest BCUT2D eigenvalue weighted by Crippen LogP contribution is 2.34. The number of nitrogens with zero attached hydrogens (tertiary/aromatic N) is 5. The first-order chi connectivity index (χ1) is 25.1. The molecule has 0 saturated carbocycles. The molecule has 5 heterocycles. The number of benzene rings is 1. The summed E-state index contributed by atoms with van der Waals surface area (Å²) >= 11 is 1.59. The Hall–Kier alpha value is -4.01. The standard InChI is InChI=1S/C39H54N6O7S/c1-23(2)34(32-17-33(42-52-32)50-30-20-43(21-30)18-26-12-14-44(15-13-26)38(49)51-39(5,6)7)37(48)45-19-29(46)16-31(45)36(47)41-24(3)27-8-10-28(11-9-27)35-25(4)40-22-53-35/h8-11,17,22-24,26,29-31,34,46H,12-16,18-21H2,1-7H3,(H,41,47)/t24?,29-,31+,34?/m1/s1. The van der Waals surface area contributed by atoms with E-state index in [2.05, 4.69) is 20.4 Å². The molecule has 3 aliphatic rings. The van der Waals surface area contributed by atoms with E-state index >= 15 is 0 Å². The van der Waals surface area contributed by atoms with Crippen molar-refractivity contribution >= 4 is 29.2 Å². The third-order valence-electron chi connectivity index (χ3n) is 10.4. The minimum Gasteiger partial charge on any atom is -0.469 e. The summed E-state index contributed by atoms with van der Waals surface area (Å²) in [6, 6.07) is 8.59. The number of nitrogens with one attached hydrogen (secondary N) is 1. The number of β-amino-alcohol motifs (C(OH)–C–C–N with tert-alkyl or cyclic N) is 1. The van der Waals surface area contributed by atoms with E-state index in [1.54, 1.807) is 22.3 Å². The Bertz CT molecular complexity index is 1720. The molecule has 2 unspecified atom stereocenters. The van der Waals surface area contributed by atoms with Crippen LogP contribution >= 0.6 is 11.3 Å². The largest absolute Gasteiger partial charge is 0.469 e. The first-order valence-electron chi connectivity index (χ1n) is 18.8. The highest BCUT2D eigenvalue weighted by molar-refractivity contribution is 7.13. The van der Waals surface area contributed by atoms with Crippen LogP contribution in [-0.4, -0.2) is 111 Å². The van der Waals surface area contributed by atoms with Crippen LogP contribution in [0.15, 0.2) is 40.4 Å². The minimum absolute atomic E-state index is 0.0418. The first kappa shape index (κ1) is 38.7. The average Bonchev–Trinajstić information content (AvgIpc) is 3.83. The molecule has 2 N–H and O–H groups in total. The lowest BCUT2D eigenvalue weighted by atomic mass is 9.91. The van der Waals surface area contributed by atoms with Crippen LogP contribution in [0.1, 0.15) is 89.8 Å². The average molecular weight is 751 g/mol. The van der Waals surface area contributed by atoms with Crippen molar-refractivity contribution in [1.29, 1.82) is 0 Å². The van der Waals surface area contributed by atoms with E-state index in [9.17, 15) is 19.5 Å². The lowest BCUT2D eigenvalue weighted by molar-refractivity contribution is -0.141. The zero-order valence-corrected chi connectivity index (χ0v) is 32.7. The van der Waals surface area contributed by atoms with E-state index in [-0.39, 0.29) is 48.9 Å². The van der Waals surface area contributed by atoms with Crippen molar-refractivity contribution in [2.24, 2.45) is 11.8 Å². The number of ether oxygens (including phenoxy) is 2. The summed E-state index contributed by atoms with van der Waals surface area (Å²) in [7, 11) is 0. The maximum Gasteiger partial charge on any atom is 0.410 e. The predicted molar refractivity (Wildman–Crippen MR) is 200 cm³/mol. The van der Waals surface area contributed by atoms with Crippen molar-refractivity contribution in [3.8, 4) is 16.3 Å². The molecular formula is C39H54N6O7S. The van der Waals surface area contributed by atoms with Crippen molar-refractivity contribution in [3.05, 3.63) is 52.9 Å². The Labute approximate surface area is 316 Å². The van der Waals surface area contributed by atoms with Crippen LogP contribution in [0.4, 0.5) is 4.79 Å². The molecule has 53 heavy (non-hydrogen) atoms. The number of likely N-dealkylation sites (tertiary alicyclic amines) is 3. The quantitative estimate of drug-likeness (QED) is 0.261. The fourth-order valence-corrected chi connectivity index (χ4v) is 8.31. The van der Waals surface area contributed by atoms with Gasteiger partial charge in [-0.3, -0.25) is 14.5 Å². The van der Waals surface area contributed by atoms with Gasteiger partial charge in [-0.05, 0) is 75.6 Å². The molecule has 2 aromatic heterocycles. The van der Waals surface area contributed by atoms with Gasteiger partial charge in [-0.15, -0.1) is 11.3 Å². The third kappa shape index (κ3) is 9.39. The summed E-state index contributed by atoms with van der Waals surface area (Å²) in [5.74, 6) is -0.251. The number of aliphatic hydroxyl groups is 1. The Balaban J connectivity index is 0.996. The van der Waals surface area contributed by atoms with Gasteiger partial charge in [-0.1, -0.05) is 38.1 Å². The van der Waals surface area contributed by atoms with Gasteiger partial charge in [0.1, 0.15) is 23.7 Å². The molecule has 3 amide bonds. The minimum atomic E-state index is -0.815. The second-order valence-corrected chi connectivity index (χ2v) is 17.0. The van der Waals surface area contributed by atoms with E-state index in [0.29, 0.717) is 30.6 Å². The van der Waals surface area contributed by atoms with Crippen molar-refractivity contribution in [2.75, 3.05) is 39.3 Å². The van der Waals surface area contributed by atoms with Gasteiger partial charge < -0.3 is 34.2 Å². The van der Waals surface area contributed by atoms with E-state index < -0.39 is 23.7 Å². The van der Waals surface area contributed by atoms with Crippen molar-refractivity contribution < 1.29 is 33.5 Å². The SMILES string of the molecule is Cc1ncsc1-c1ccc(C(C)NC(=O)[C@@H]2C[C@@H](O)CN2C(=O)C(c2cc(OC3CN(CC4CCN(C(=O)OC(C)(C)C)CC4)C3)no2)C(C)C)cc1. The Kier molecular flexibility index (Phi) is 11.8. The van der Waals surface area contributed by atoms with Gasteiger partial charge in [0.05, 0.1) is 28.2 Å². The van der Waals surface area contributed by atoms with E-state index in [4.69, 9.17) is 14.0 Å². The normalized spacial score (nSPS) is 21.4. The maximum atomic E-state index is 14.1. The molecule has 6 rings (SSSR count). The Morgan fingerprint density at radius 1 is 1.08 bits per heavy atom. The van der Waals surface area contributed by atoms with E-state index in [0.717, 1.165) is 54.2 Å². The predicted octanol–water partition coefficient (Wildman–Crippen LogP) is 5.40. The third-order valence-corrected chi connectivity index (χ3v) is 11.4. The van der Waals surface area contributed by atoms with Crippen LogP contribution in [0.5, 0.6) is 5.88 Å². The summed E-state index contributed by atoms with van der Waals surface area (Å²) in [4.78, 5) is 51.2. The van der Waals surface area contributed by atoms with Crippen LogP contribution < -0.4 is 10.1 Å². The van der Waals surface area contributed by atoms with Crippen LogP contribution in [0.2, 0.25) is 0 Å². The second-order valence-electron chi connectivity index (χ2n) is 16.2. The summed E-state index contributed by atoms with van der Waals surface area (Å²) in [6.07, 6.45) is 0.944. The molecule has 1 aromatic carbocycles. The van der Waals surface area contributed by atoms with Gasteiger partial charge in [0.15, 0.2) is 5.76 Å². The second kappa shape index (κ2) is 16.2. The van der Waals surface area contributed by atoms with Crippen LogP contribution in [0.3, 0.4) is 0 Å². The fraction of sp³-hybridized carbons (Fsp3) is 0.615. The number of piperidine rings is 1. The lowest BCUT2D eigenvalue weighted by Crippen LogP contribution is -2.55.